The van der Waals surface area contributed by atoms with Gasteiger partial charge in [-0.1, -0.05) is 65.5 Å². The summed E-state index contributed by atoms with van der Waals surface area (Å²) < 4.78 is 0. The second kappa shape index (κ2) is 9.13. The summed E-state index contributed by atoms with van der Waals surface area (Å²) in [4.78, 5) is 4.73. The van der Waals surface area contributed by atoms with Crippen molar-refractivity contribution in [3.8, 4) is 0 Å². The second-order valence-electron chi connectivity index (χ2n) is 12.9. The molecule has 178 valence electrons. The number of allylic oxidation sites excluding steroid dienone is 2. The lowest BCUT2D eigenvalue weighted by molar-refractivity contribution is -0.287. The summed E-state index contributed by atoms with van der Waals surface area (Å²) in [5, 5.41) is 9.20. The van der Waals surface area contributed by atoms with Crippen LogP contribution in [-0.2, 0) is 4.89 Å². The van der Waals surface area contributed by atoms with E-state index in [1.165, 1.54) is 64.2 Å². The first-order chi connectivity index (χ1) is 14.7. The van der Waals surface area contributed by atoms with Crippen LogP contribution in [0.3, 0.4) is 0 Å². The van der Waals surface area contributed by atoms with Crippen LogP contribution in [0, 0.1) is 52.3 Å². The minimum absolute atomic E-state index is 0.0367. The number of rotatable bonds is 7. The molecule has 2 heteroatoms. The maximum Gasteiger partial charge on any atom is 0.0930 e. The van der Waals surface area contributed by atoms with Crippen molar-refractivity contribution in [1.82, 2.24) is 0 Å². The Balaban J connectivity index is 1.49. The minimum Gasteiger partial charge on any atom is -0.252 e. The highest BCUT2D eigenvalue weighted by Crippen LogP contribution is 2.67. The van der Waals surface area contributed by atoms with Gasteiger partial charge in [0.25, 0.3) is 0 Å². The van der Waals surface area contributed by atoms with E-state index in [1.807, 2.05) is 6.92 Å². The van der Waals surface area contributed by atoms with E-state index in [9.17, 15) is 5.26 Å². The van der Waals surface area contributed by atoms with Crippen molar-refractivity contribution in [2.24, 2.45) is 52.3 Å². The summed E-state index contributed by atoms with van der Waals surface area (Å²) in [6.45, 7) is 14.7. The molecule has 4 aliphatic rings. The predicted molar refractivity (Wildman–Crippen MR) is 130 cm³/mol. The second-order valence-corrected chi connectivity index (χ2v) is 12.9. The zero-order valence-electron chi connectivity index (χ0n) is 21.3. The Morgan fingerprint density at radius 1 is 1.03 bits per heavy atom. The molecule has 4 aliphatic carbocycles. The molecule has 4 rings (SSSR count). The van der Waals surface area contributed by atoms with E-state index in [0.717, 1.165) is 41.9 Å². The first kappa shape index (κ1) is 23.8. The van der Waals surface area contributed by atoms with Crippen molar-refractivity contribution in [1.29, 1.82) is 0 Å². The molecule has 0 saturated heterocycles. The van der Waals surface area contributed by atoms with E-state index in [4.69, 9.17) is 4.89 Å². The van der Waals surface area contributed by atoms with Gasteiger partial charge in [0, 0.05) is 0 Å². The van der Waals surface area contributed by atoms with Crippen LogP contribution in [0.2, 0.25) is 0 Å². The molecule has 0 aromatic rings. The maximum atomic E-state index is 9.20. The van der Waals surface area contributed by atoms with Crippen LogP contribution in [0.4, 0.5) is 0 Å². The fraction of sp³-hybridized carbons (Fsp3) is 0.931. The fourth-order valence-corrected chi connectivity index (χ4v) is 9.10. The number of hydrogen-bond donors (Lipinski definition) is 1. The van der Waals surface area contributed by atoms with Gasteiger partial charge in [0.1, 0.15) is 0 Å². The van der Waals surface area contributed by atoms with Crippen LogP contribution >= 0.6 is 0 Å². The van der Waals surface area contributed by atoms with E-state index < -0.39 is 0 Å². The lowest BCUT2D eigenvalue weighted by atomic mass is 9.46. The molecule has 3 saturated carbocycles. The molecular weight excluding hydrogens is 380 g/mol. The van der Waals surface area contributed by atoms with Crippen molar-refractivity contribution in [3.63, 3.8) is 0 Å². The van der Waals surface area contributed by atoms with Crippen molar-refractivity contribution >= 4 is 0 Å². The van der Waals surface area contributed by atoms with Gasteiger partial charge >= 0.3 is 0 Å². The standard InChI is InChI=1S/C29H50O2/c1-7-19(2)8-9-20(3)25-12-13-26-24-11-10-23-18-22(21(4)31-30)14-16-28(23,5)27(24)15-17-29(25,26)6/h10,19-22,24-27,30H,7-9,11-18H2,1-6H3. The summed E-state index contributed by atoms with van der Waals surface area (Å²) in [5.41, 5.74) is 2.68. The maximum absolute atomic E-state index is 9.20. The van der Waals surface area contributed by atoms with Crippen LogP contribution in [0.15, 0.2) is 11.6 Å². The minimum atomic E-state index is -0.0367. The van der Waals surface area contributed by atoms with Gasteiger partial charge in [-0.25, -0.2) is 4.89 Å². The van der Waals surface area contributed by atoms with Crippen molar-refractivity contribution in [2.45, 2.75) is 118 Å². The van der Waals surface area contributed by atoms with Crippen LogP contribution in [0.5, 0.6) is 0 Å². The molecule has 31 heavy (non-hydrogen) atoms. The Kier molecular flexibility index (Phi) is 7.01. The molecule has 0 amide bonds. The predicted octanol–water partition coefficient (Wildman–Crippen LogP) is 8.52. The molecule has 0 aliphatic heterocycles. The summed E-state index contributed by atoms with van der Waals surface area (Å²) >= 11 is 0. The Morgan fingerprint density at radius 3 is 2.52 bits per heavy atom. The van der Waals surface area contributed by atoms with E-state index in [1.54, 1.807) is 5.57 Å². The third-order valence-corrected chi connectivity index (χ3v) is 11.5. The molecule has 0 heterocycles. The Bertz CT molecular complexity index is 655. The highest BCUT2D eigenvalue weighted by molar-refractivity contribution is 5.25. The molecule has 1 N–H and O–H groups in total. The number of fused-ring (bicyclic) bond motifs is 5. The highest BCUT2D eigenvalue weighted by Gasteiger charge is 2.59. The first-order valence-electron chi connectivity index (χ1n) is 13.7. The highest BCUT2D eigenvalue weighted by atomic mass is 17.1. The molecule has 0 spiro atoms. The summed E-state index contributed by atoms with van der Waals surface area (Å²) in [6.07, 6.45) is 17.6. The lowest BCUT2D eigenvalue weighted by Gasteiger charge is -2.58. The van der Waals surface area contributed by atoms with Crippen LogP contribution in [0.1, 0.15) is 112 Å². The molecule has 0 radical (unpaired) electrons. The van der Waals surface area contributed by atoms with Gasteiger partial charge in [0.05, 0.1) is 6.10 Å². The summed E-state index contributed by atoms with van der Waals surface area (Å²) in [7, 11) is 0. The monoisotopic (exact) mass is 430 g/mol. The Labute approximate surface area is 192 Å². The van der Waals surface area contributed by atoms with Gasteiger partial charge in [-0.05, 0) is 111 Å². The molecule has 3 fully saturated rings. The zero-order chi connectivity index (χ0) is 22.4. The largest absolute Gasteiger partial charge is 0.252 e. The first-order valence-corrected chi connectivity index (χ1v) is 13.7. The van der Waals surface area contributed by atoms with Gasteiger partial charge in [0.15, 0.2) is 0 Å². The summed E-state index contributed by atoms with van der Waals surface area (Å²) in [6, 6.07) is 0. The Hall–Kier alpha value is -0.340. The van der Waals surface area contributed by atoms with E-state index in [-0.39, 0.29) is 6.10 Å². The normalized spacial score (nSPS) is 45.1. The third-order valence-electron chi connectivity index (χ3n) is 11.5. The fourth-order valence-electron chi connectivity index (χ4n) is 9.10. The van der Waals surface area contributed by atoms with Crippen molar-refractivity contribution in [2.75, 3.05) is 0 Å². The zero-order valence-corrected chi connectivity index (χ0v) is 21.3. The van der Waals surface area contributed by atoms with Crippen LogP contribution in [0.25, 0.3) is 0 Å². The van der Waals surface area contributed by atoms with Crippen molar-refractivity contribution < 1.29 is 10.1 Å². The quantitative estimate of drug-likeness (QED) is 0.249. The molecule has 10 atom stereocenters. The summed E-state index contributed by atoms with van der Waals surface area (Å²) in [5.74, 6) is 5.93. The molecule has 10 unspecified atom stereocenters. The average Bonchev–Trinajstić information content (AvgIpc) is 3.13. The topological polar surface area (TPSA) is 29.5 Å². The van der Waals surface area contributed by atoms with Gasteiger partial charge in [-0.3, -0.25) is 5.26 Å². The van der Waals surface area contributed by atoms with Gasteiger partial charge in [-0.2, -0.15) is 0 Å². The number of hydrogen-bond acceptors (Lipinski definition) is 2. The van der Waals surface area contributed by atoms with Crippen LogP contribution in [-0.4, -0.2) is 11.4 Å². The smallest absolute Gasteiger partial charge is 0.0930 e. The molecule has 0 bridgehead atoms. The van der Waals surface area contributed by atoms with E-state index in [0.29, 0.717) is 16.7 Å². The Morgan fingerprint density at radius 2 is 1.81 bits per heavy atom. The molecule has 2 nitrogen and oxygen atoms in total. The molecule has 0 aromatic heterocycles. The van der Waals surface area contributed by atoms with Crippen LogP contribution < -0.4 is 0 Å². The lowest BCUT2D eigenvalue weighted by Crippen LogP contribution is -2.50. The van der Waals surface area contributed by atoms with Gasteiger partial charge < -0.3 is 0 Å². The molecular formula is C29H50O2. The van der Waals surface area contributed by atoms with Crippen molar-refractivity contribution in [3.05, 3.63) is 11.6 Å². The van der Waals surface area contributed by atoms with E-state index in [2.05, 4.69) is 40.7 Å². The average molecular weight is 431 g/mol. The van der Waals surface area contributed by atoms with E-state index >= 15 is 0 Å². The van der Waals surface area contributed by atoms with Gasteiger partial charge in [-0.15, -0.1) is 0 Å². The SMILES string of the molecule is CCC(C)CCC(C)C1CCC2C3CC=C4CC(C(C)OO)CCC4(C)C3CCC12C. The molecule has 0 aromatic carbocycles. The van der Waals surface area contributed by atoms with Gasteiger partial charge in [0.2, 0.25) is 0 Å². The third kappa shape index (κ3) is 4.07.